The summed E-state index contributed by atoms with van der Waals surface area (Å²) in [7, 11) is 0. The molecule has 7 N–H and O–H groups in total. The topological polar surface area (TPSA) is 138 Å². The van der Waals surface area contributed by atoms with Gasteiger partial charge in [0.1, 0.15) is 0 Å². The number of allylic oxidation sites excluding steroid dienone is 1. The van der Waals surface area contributed by atoms with Gasteiger partial charge < -0.3 is 11.5 Å². The molecule has 0 saturated heterocycles. The van der Waals surface area contributed by atoms with Crippen molar-refractivity contribution in [2.24, 2.45) is 31.8 Å². The normalized spacial score (nSPS) is 11.9. The van der Waals surface area contributed by atoms with Crippen LogP contribution in [-0.2, 0) is 0 Å². The number of hydrazone groups is 3. The summed E-state index contributed by atoms with van der Waals surface area (Å²) in [6, 6.07) is 0. The summed E-state index contributed by atoms with van der Waals surface area (Å²) in [6.45, 7) is 7.34. The smallest absolute Gasteiger partial charge is 0.213 e. The maximum atomic E-state index is 5.30. The highest BCUT2D eigenvalue weighted by Crippen LogP contribution is 1.96. The molecular weight excluding hydrogens is 390 g/mol. The number of thiocarbonyl (C=S) groups is 3. The highest BCUT2D eigenvalue weighted by Gasteiger charge is 1.99. The van der Waals surface area contributed by atoms with Gasteiger partial charge in [-0.05, 0) is 69.9 Å². The van der Waals surface area contributed by atoms with E-state index in [-0.39, 0.29) is 15.3 Å². The van der Waals surface area contributed by atoms with Gasteiger partial charge in [0.25, 0.3) is 0 Å². The maximum absolute atomic E-state index is 5.30. The van der Waals surface area contributed by atoms with E-state index in [4.69, 9.17) is 23.7 Å². The van der Waals surface area contributed by atoms with Crippen molar-refractivity contribution in [3.8, 4) is 0 Å². The second-order valence-electron chi connectivity index (χ2n) is 5.27. The lowest BCUT2D eigenvalue weighted by Gasteiger charge is -2.02. The number of hydrogen-bond acceptors (Lipinski definition) is 6. The Bertz CT molecular complexity index is 700. The van der Waals surface area contributed by atoms with Crippen molar-refractivity contribution in [3.05, 3.63) is 5.57 Å². The molecule has 0 amide bonds. The Morgan fingerprint density at radius 3 is 1.81 bits per heavy atom. The fourth-order valence-corrected chi connectivity index (χ4v) is 1.88. The summed E-state index contributed by atoms with van der Waals surface area (Å²) >= 11 is 14.4. The van der Waals surface area contributed by atoms with Gasteiger partial charge in [0.15, 0.2) is 10.2 Å². The maximum Gasteiger partial charge on any atom is 0.213 e. The zero-order valence-electron chi connectivity index (χ0n) is 15.1. The van der Waals surface area contributed by atoms with Crippen LogP contribution in [0.1, 0.15) is 40.5 Å². The molecule has 0 aliphatic carbocycles. The van der Waals surface area contributed by atoms with E-state index in [0.29, 0.717) is 12.8 Å². The van der Waals surface area contributed by atoms with Crippen molar-refractivity contribution in [2.45, 2.75) is 40.5 Å². The van der Waals surface area contributed by atoms with Crippen molar-refractivity contribution in [3.63, 3.8) is 0 Å². The van der Waals surface area contributed by atoms with Gasteiger partial charge in [-0.3, -0.25) is 10.9 Å². The molecule has 0 heterocycles. The third-order valence-corrected chi connectivity index (χ3v) is 2.80. The second kappa shape index (κ2) is 13.0. The Morgan fingerprint density at radius 2 is 1.31 bits per heavy atom. The predicted molar refractivity (Wildman–Crippen MR) is 121 cm³/mol. The van der Waals surface area contributed by atoms with Gasteiger partial charge in [0.2, 0.25) is 5.11 Å². The van der Waals surface area contributed by atoms with E-state index in [2.05, 4.69) is 66.9 Å². The molecule has 0 atom stereocenters. The first-order valence-electron chi connectivity index (χ1n) is 7.39. The molecule has 12 heteroatoms. The molecule has 0 rings (SSSR count). The third-order valence-electron chi connectivity index (χ3n) is 2.44. The van der Waals surface area contributed by atoms with Gasteiger partial charge in [-0.2, -0.15) is 10.2 Å². The minimum Gasteiger partial charge on any atom is -0.375 e. The van der Waals surface area contributed by atoms with Crippen molar-refractivity contribution in [1.82, 2.24) is 16.3 Å². The molecule has 142 valence electrons. The van der Waals surface area contributed by atoms with E-state index in [0.717, 1.165) is 22.7 Å². The second-order valence-corrected chi connectivity index (χ2v) is 6.53. The molecule has 0 aromatic heterocycles. The Kier molecular flexibility index (Phi) is 11.9. The fourth-order valence-electron chi connectivity index (χ4n) is 1.58. The van der Waals surface area contributed by atoms with Crippen LogP contribution in [0.15, 0.2) is 25.9 Å². The molecule has 0 aliphatic rings. The van der Waals surface area contributed by atoms with Crippen LogP contribution in [0.25, 0.3) is 0 Å². The number of nitrogens with two attached hydrogens (primary N) is 2. The van der Waals surface area contributed by atoms with Gasteiger partial charge in [-0.15, -0.1) is 5.10 Å². The summed E-state index contributed by atoms with van der Waals surface area (Å²) in [5.41, 5.74) is 21.4. The molecule has 0 aromatic carbocycles. The van der Waals surface area contributed by atoms with Crippen molar-refractivity contribution in [2.75, 3.05) is 0 Å². The van der Waals surface area contributed by atoms with Gasteiger partial charge in [0.05, 0.1) is 0 Å². The number of nitrogens with zero attached hydrogens (tertiary/aromatic N) is 4. The molecule has 26 heavy (non-hydrogen) atoms. The Morgan fingerprint density at radius 1 is 0.808 bits per heavy atom. The lowest BCUT2D eigenvalue weighted by Crippen LogP contribution is -2.25. The first kappa shape index (κ1) is 23.7. The first-order chi connectivity index (χ1) is 12.1. The molecule has 9 nitrogen and oxygen atoms in total. The van der Waals surface area contributed by atoms with Crippen LogP contribution in [0.3, 0.4) is 0 Å². The average molecular weight is 414 g/mol. The highest BCUT2D eigenvalue weighted by molar-refractivity contribution is 7.80. The molecule has 0 spiro atoms. The van der Waals surface area contributed by atoms with Crippen LogP contribution in [0, 0.1) is 0 Å². The van der Waals surface area contributed by atoms with E-state index in [1.165, 1.54) is 0 Å². The quantitative estimate of drug-likeness (QED) is 0.237. The number of aliphatic imine (C=N–C) groups is 1. The summed E-state index contributed by atoms with van der Waals surface area (Å²) in [5.74, 6) is 2.82. The predicted octanol–water partition coefficient (Wildman–Crippen LogP) is 1.05. The Balaban J connectivity index is 4.60. The average Bonchev–Trinajstić information content (AvgIpc) is 2.50. The molecule has 0 fully saturated rings. The minimum atomic E-state index is 0.106. The van der Waals surface area contributed by atoms with E-state index in [1.54, 1.807) is 0 Å². The van der Waals surface area contributed by atoms with Crippen LogP contribution < -0.4 is 27.7 Å². The monoisotopic (exact) mass is 413 g/mol. The summed E-state index contributed by atoms with van der Waals surface area (Å²) in [5, 5.41) is 12.4. The lowest BCUT2D eigenvalue weighted by molar-refractivity contribution is 1.01. The van der Waals surface area contributed by atoms with Gasteiger partial charge in [-0.1, -0.05) is 0 Å². The van der Waals surface area contributed by atoms with Crippen molar-refractivity contribution in [1.29, 1.82) is 0 Å². The third kappa shape index (κ3) is 14.1. The summed E-state index contributed by atoms with van der Waals surface area (Å²) in [6.07, 6.45) is 1.07. The summed E-state index contributed by atoms with van der Waals surface area (Å²) < 4.78 is 0. The zero-order valence-corrected chi connectivity index (χ0v) is 17.5. The standard InChI is InChI=1S/C14H23N9S3/c1-8(5-10(3)19-21-12(15)24)7-17-23-14(26)18-9(2)6-11(4)20-22-13(16)25/h5-6H2,1-4H3,(H,23,26)(H3,15,21,24)(H3,16,22,25)/b18-9?,19-10+,20-11+. The number of nitrogens with one attached hydrogen (secondary N) is 3. The molecule has 0 unspecified atom stereocenters. The van der Waals surface area contributed by atoms with E-state index in [9.17, 15) is 0 Å². The largest absolute Gasteiger partial charge is 0.375 e. The van der Waals surface area contributed by atoms with Gasteiger partial charge in [-0.25, -0.2) is 10.4 Å². The Hall–Kier alpha value is -2.27. The SMILES string of the molecule is CC(=C=NNC(=S)N=C(C)C/C(C)=N/NC(N)=S)C/C(C)=N/NC(N)=S. The Labute approximate surface area is 169 Å². The van der Waals surface area contributed by atoms with Crippen LogP contribution >= 0.6 is 36.7 Å². The first-order valence-corrected chi connectivity index (χ1v) is 8.62. The molecule has 0 saturated carbocycles. The fraction of sp³-hybridized carbons (Fsp3) is 0.429. The highest BCUT2D eigenvalue weighted by atomic mass is 32.1. The summed E-state index contributed by atoms with van der Waals surface area (Å²) in [4.78, 5) is 4.21. The van der Waals surface area contributed by atoms with E-state index in [1.807, 2.05) is 27.7 Å². The van der Waals surface area contributed by atoms with Crippen LogP contribution in [0.2, 0.25) is 0 Å². The van der Waals surface area contributed by atoms with Crippen LogP contribution in [0.5, 0.6) is 0 Å². The minimum absolute atomic E-state index is 0.106. The number of rotatable bonds is 7. The van der Waals surface area contributed by atoms with Crippen LogP contribution in [-0.4, -0.2) is 38.3 Å². The van der Waals surface area contributed by atoms with Gasteiger partial charge in [0, 0.05) is 35.8 Å². The number of hydrogen-bond donors (Lipinski definition) is 5. The molecule has 0 radical (unpaired) electrons. The van der Waals surface area contributed by atoms with Crippen molar-refractivity contribution < 1.29 is 0 Å². The zero-order chi connectivity index (χ0) is 20.1. The molecule has 0 aliphatic heterocycles. The van der Waals surface area contributed by atoms with E-state index < -0.39 is 0 Å². The van der Waals surface area contributed by atoms with E-state index >= 15 is 0 Å². The van der Waals surface area contributed by atoms with Crippen LogP contribution in [0.4, 0.5) is 0 Å². The lowest BCUT2D eigenvalue weighted by atomic mass is 10.2. The molecule has 0 bridgehead atoms. The van der Waals surface area contributed by atoms with Gasteiger partial charge >= 0.3 is 0 Å². The van der Waals surface area contributed by atoms with Crippen molar-refractivity contribution >= 4 is 75.0 Å². The molecule has 0 aromatic rings. The molecular formula is C14H23N9S3.